The number of aliphatic imine (C=N–C) groups is 1. The van der Waals surface area contributed by atoms with Gasteiger partial charge in [-0.1, -0.05) is 55.1 Å². The lowest BCUT2D eigenvalue weighted by Gasteiger charge is -2.43. The fourth-order valence-corrected chi connectivity index (χ4v) is 4.81. The van der Waals surface area contributed by atoms with E-state index in [1.54, 1.807) is 0 Å². The Morgan fingerprint density at radius 2 is 1.81 bits per heavy atom. The molecule has 1 N–H and O–H groups in total. The summed E-state index contributed by atoms with van der Waals surface area (Å²) >= 11 is 6.15. The Morgan fingerprint density at radius 3 is 2.58 bits per heavy atom. The van der Waals surface area contributed by atoms with Crippen molar-refractivity contribution >= 4 is 23.1 Å². The third-order valence-electron chi connectivity index (χ3n) is 6.14. The van der Waals surface area contributed by atoms with Gasteiger partial charge in [-0.25, -0.2) is 0 Å². The van der Waals surface area contributed by atoms with Crippen LogP contribution in [0, 0.1) is 19.3 Å². The minimum atomic E-state index is 0.183. The van der Waals surface area contributed by atoms with Gasteiger partial charge in [-0.3, -0.25) is 4.99 Å². The normalized spacial score (nSPS) is 20.0. The Hall–Kier alpha value is -1.80. The molecule has 4 rings (SSSR count). The second-order valence-electron chi connectivity index (χ2n) is 7.99. The second-order valence-corrected chi connectivity index (χ2v) is 8.43. The fourth-order valence-electron chi connectivity index (χ4n) is 4.60. The van der Waals surface area contributed by atoms with Crippen molar-refractivity contribution in [2.24, 2.45) is 10.4 Å². The minimum absolute atomic E-state index is 0.183. The van der Waals surface area contributed by atoms with E-state index in [0.29, 0.717) is 6.54 Å². The predicted molar refractivity (Wildman–Crippen MR) is 111 cm³/mol. The molecule has 2 aliphatic rings. The smallest absolute Gasteiger partial charge is 0.108 e. The summed E-state index contributed by atoms with van der Waals surface area (Å²) in [6.07, 6.45) is 7.55. The van der Waals surface area contributed by atoms with Gasteiger partial charge >= 0.3 is 0 Å². The van der Waals surface area contributed by atoms with E-state index >= 15 is 0 Å². The van der Waals surface area contributed by atoms with Crippen LogP contribution in [0.3, 0.4) is 0 Å². The molecule has 0 unspecified atom stereocenters. The average Bonchev–Trinajstić information content (AvgIpc) is 2.64. The standard InChI is InChI=1S/C23H27ClN2/c1-16-9-10-17(2)21-20(16)14-23(11-4-3-5-12-23)22(26-21)25-15-18-7-6-8-19(24)13-18/h6-10,13H,3-5,11-12,14-15H2,1-2H3,(H,25,26). The third kappa shape index (κ3) is 3.27. The van der Waals surface area contributed by atoms with E-state index in [9.17, 15) is 0 Å². The molecular formula is C23H27ClN2. The number of anilines is 1. The zero-order valence-electron chi connectivity index (χ0n) is 15.7. The van der Waals surface area contributed by atoms with Crippen LogP contribution >= 0.6 is 11.6 Å². The highest BCUT2D eigenvalue weighted by atomic mass is 35.5. The molecule has 0 radical (unpaired) electrons. The number of fused-ring (bicyclic) bond motifs is 1. The number of rotatable bonds is 2. The van der Waals surface area contributed by atoms with E-state index in [-0.39, 0.29) is 5.41 Å². The van der Waals surface area contributed by atoms with Crippen LogP contribution in [-0.2, 0) is 13.0 Å². The number of hydrogen-bond donors (Lipinski definition) is 1. The Morgan fingerprint density at radius 1 is 1.04 bits per heavy atom. The van der Waals surface area contributed by atoms with Crippen LogP contribution in [0.25, 0.3) is 0 Å². The molecule has 0 atom stereocenters. The van der Waals surface area contributed by atoms with Crippen LogP contribution in [0.1, 0.15) is 54.4 Å². The quantitative estimate of drug-likeness (QED) is 0.646. The first-order chi connectivity index (χ1) is 12.6. The highest BCUT2D eigenvalue weighted by molar-refractivity contribution is 6.30. The van der Waals surface area contributed by atoms with Crippen molar-refractivity contribution in [3.63, 3.8) is 0 Å². The monoisotopic (exact) mass is 366 g/mol. The van der Waals surface area contributed by atoms with E-state index in [1.807, 2.05) is 18.2 Å². The maximum atomic E-state index is 6.15. The van der Waals surface area contributed by atoms with Gasteiger partial charge in [0, 0.05) is 16.1 Å². The molecule has 2 aromatic carbocycles. The van der Waals surface area contributed by atoms with Crippen molar-refractivity contribution in [3.8, 4) is 0 Å². The summed E-state index contributed by atoms with van der Waals surface area (Å²) < 4.78 is 0. The number of nitrogens with zero attached hydrogens (tertiary/aromatic N) is 1. The number of hydrogen-bond acceptors (Lipinski definition) is 1. The second kappa shape index (κ2) is 7.08. The molecule has 0 saturated heterocycles. The zero-order valence-corrected chi connectivity index (χ0v) is 16.5. The molecule has 0 bridgehead atoms. The van der Waals surface area contributed by atoms with Gasteiger partial charge in [-0.05, 0) is 67.5 Å². The molecule has 1 spiro atoms. The van der Waals surface area contributed by atoms with E-state index in [0.717, 1.165) is 11.4 Å². The molecule has 136 valence electrons. The Labute approximate surface area is 161 Å². The minimum Gasteiger partial charge on any atom is -0.343 e. The van der Waals surface area contributed by atoms with E-state index in [4.69, 9.17) is 16.6 Å². The van der Waals surface area contributed by atoms with Crippen LogP contribution in [0.15, 0.2) is 41.4 Å². The first-order valence-electron chi connectivity index (χ1n) is 9.73. The van der Waals surface area contributed by atoms with Gasteiger partial charge in [0.2, 0.25) is 0 Å². The zero-order chi connectivity index (χ0) is 18.1. The molecule has 1 aliphatic carbocycles. The number of benzene rings is 2. The summed E-state index contributed by atoms with van der Waals surface area (Å²) in [6, 6.07) is 12.5. The average molecular weight is 367 g/mol. The van der Waals surface area contributed by atoms with Gasteiger partial charge in [0.15, 0.2) is 0 Å². The number of amidine groups is 1. The molecule has 1 fully saturated rings. The predicted octanol–water partition coefficient (Wildman–Crippen LogP) is 6.47. The van der Waals surface area contributed by atoms with Crippen LogP contribution in [0.2, 0.25) is 5.02 Å². The van der Waals surface area contributed by atoms with Gasteiger partial charge < -0.3 is 5.32 Å². The SMILES string of the molecule is Cc1ccc(C)c2c1CC1(CCCCC1)C(=NCc1cccc(Cl)c1)N2. The van der Waals surface area contributed by atoms with Crippen LogP contribution in [0.5, 0.6) is 0 Å². The molecule has 2 nitrogen and oxygen atoms in total. The summed E-state index contributed by atoms with van der Waals surface area (Å²) in [7, 11) is 0. The molecule has 1 heterocycles. The fraction of sp³-hybridized carbons (Fsp3) is 0.435. The highest BCUT2D eigenvalue weighted by Gasteiger charge is 2.41. The van der Waals surface area contributed by atoms with Crippen molar-refractivity contribution in [1.29, 1.82) is 0 Å². The first kappa shape index (κ1) is 17.6. The topological polar surface area (TPSA) is 24.4 Å². The highest BCUT2D eigenvalue weighted by Crippen LogP contribution is 2.46. The number of halogens is 1. The lowest BCUT2D eigenvalue weighted by Crippen LogP contribution is -2.44. The molecule has 2 aromatic rings. The molecular weight excluding hydrogens is 340 g/mol. The molecule has 0 aromatic heterocycles. The van der Waals surface area contributed by atoms with Gasteiger partial charge in [0.05, 0.1) is 6.54 Å². The molecule has 3 heteroatoms. The van der Waals surface area contributed by atoms with Crippen LogP contribution in [0.4, 0.5) is 5.69 Å². The molecule has 0 amide bonds. The van der Waals surface area contributed by atoms with E-state index < -0.39 is 0 Å². The first-order valence-corrected chi connectivity index (χ1v) is 10.1. The van der Waals surface area contributed by atoms with Gasteiger partial charge in [0.1, 0.15) is 5.84 Å². The summed E-state index contributed by atoms with van der Waals surface area (Å²) in [5.74, 6) is 1.19. The molecule has 1 aliphatic heterocycles. The largest absolute Gasteiger partial charge is 0.343 e. The van der Waals surface area contributed by atoms with E-state index in [2.05, 4.69) is 37.4 Å². The Balaban J connectivity index is 1.72. The van der Waals surface area contributed by atoms with Gasteiger partial charge in [-0.15, -0.1) is 0 Å². The van der Waals surface area contributed by atoms with Crippen molar-refractivity contribution in [2.45, 2.75) is 58.9 Å². The maximum absolute atomic E-state index is 6.15. The Bertz CT molecular complexity index is 847. The van der Waals surface area contributed by atoms with Crippen molar-refractivity contribution in [3.05, 3.63) is 63.7 Å². The van der Waals surface area contributed by atoms with E-state index in [1.165, 1.54) is 65.9 Å². The summed E-state index contributed by atoms with van der Waals surface area (Å²) in [6.45, 7) is 5.12. The number of nitrogens with one attached hydrogen (secondary N) is 1. The summed E-state index contributed by atoms with van der Waals surface area (Å²) in [5.41, 5.74) is 6.84. The third-order valence-corrected chi connectivity index (χ3v) is 6.37. The molecule has 26 heavy (non-hydrogen) atoms. The lowest BCUT2D eigenvalue weighted by atomic mass is 9.66. The summed E-state index contributed by atoms with van der Waals surface area (Å²) in [5, 5.41) is 4.55. The number of aryl methyl sites for hydroxylation is 2. The van der Waals surface area contributed by atoms with Crippen molar-refractivity contribution < 1.29 is 0 Å². The van der Waals surface area contributed by atoms with Crippen LogP contribution in [-0.4, -0.2) is 5.84 Å². The summed E-state index contributed by atoms with van der Waals surface area (Å²) in [4.78, 5) is 5.09. The maximum Gasteiger partial charge on any atom is 0.108 e. The van der Waals surface area contributed by atoms with Crippen molar-refractivity contribution in [1.82, 2.24) is 0 Å². The van der Waals surface area contributed by atoms with Crippen LogP contribution < -0.4 is 5.32 Å². The van der Waals surface area contributed by atoms with Gasteiger partial charge in [-0.2, -0.15) is 0 Å². The van der Waals surface area contributed by atoms with Gasteiger partial charge in [0.25, 0.3) is 0 Å². The molecule has 1 saturated carbocycles. The Kier molecular flexibility index (Phi) is 4.79. The lowest BCUT2D eigenvalue weighted by molar-refractivity contribution is 0.278. The van der Waals surface area contributed by atoms with Crippen molar-refractivity contribution in [2.75, 3.05) is 5.32 Å².